The van der Waals surface area contributed by atoms with Gasteiger partial charge in [-0.15, -0.1) is 10.2 Å². The van der Waals surface area contributed by atoms with Crippen LogP contribution in [0, 0.1) is 5.82 Å². The minimum absolute atomic E-state index is 0.160. The fourth-order valence-corrected chi connectivity index (χ4v) is 4.11. The first-order valence-electron chi connectivity index (χ1n) is 8.84. The number of rotatable bonds is 6. The number of halogens is 1. The number of thioether (sulfide) groups is 1. The third-order valence-corrected chi connectivity index (χ3v) is 5.83. The summed E-state index contributed by atoms with van der Waals surface area (Å²) in [6.07, 6.45) is 0.826. The molecule has 2 aromatic carbocycles. The Balaban J connectivity index is 1.29. The molecule has 10 heteroatoms. The number of anilines is 3. The number of aromatic nitrogens is 2. The van der Waals surface area contributed by atoms with Gasteiger partial charge in [0.05, 0.1) is 19.0 Å². The smallest absolute Gasteiger partial charge is 0.234 e. The van der Waals surface area contributed by atoms with Crippen LogP contribution in [0.15, 0.2) is 46.8 Å². The van der Waals surface area contributed by atoms with Crippen molar-refractivity contribution < 1.29 is 18.7 Å². The molecule has 2 N–H and O–H groups in total. The Morgan fingerprint density at radius 3 is 2.66 bits per heavy atom. The van der Waals surface area contributed by atoms with Crippen LogP contribution in [0.25, 0.3) is 0 Å². The number of benzene rings is 2. The monoisotopic (exact) mass is 432 g/mol. The fraction of sp³-hybridized carbons (Fsp3) is 0.211. The SMILES string of the molecule is O=C(CSc1nnc(Nc2ccc(F)cc2)s1)Nc1ccc2c(c1)OCCCO2. The molecule has 0 bridgehead atoms. The van der Waals surface area contributed by atoms with Crippen molar-refractivity contribution in [2.24, 2.45) is 0 Å². The van der Waals surface area contributed by atoms with Crippen LogP contribution in [0.1, 0.15) is 6.42 Å². The van der Waals surface area contributed by atoms with Gasteiger partial charge >= 0.3 is 0 Å². The molecule has 1 amide bonds. The van der Waals surface area contributed by atoms with E-state index >= 15 is 0 Å². The van der Waals surface area contributed by atoms with Crippen molar-refractivity contribution in [1.29, 1.82) is 0 Å². The van der Waals surface area contributed by atoms with Gasteiger partial charge in [0.15, 0.2) is 15.8 Å². The predicted octanol–water partition coefficient (Wildman–Crippen LogP) is 4.31. The second kappa shape index (κ2) is 9.10. The zero-order valence-electron chi connectivity index (χ0n) is 15.2. The molecule has 0 aliphatic carbocycles. The molecule has 1 aliphatic heterocycles. The van der Waals surface area contributed by atoms with Gasteiger partial charge in [0.25, 0.3) is 0 Å². The van der Waals surface area contributed by atoms with Crippen LogP contribution in [0.5, 0.6) is 11.5 Å². The Bertz CT molecular complexity index is 997. The molecule has 0 fully saturated rings. The maximum absolute atomic E-state index is 13.0. The normalized spacial score (nSPS) is 12.9. The zero-order valence-corrected chi connectivity index (χ0v) is 16.8. The lowest BCUT2D eigenvalue weighted by molar-refractivity contribution is -0.113. The number of hydrogen-bond acceptors (Lipinski definition) is 8. The molecule has 1 aliphatic rings. The van der Waals surface area contributed by atoms with Crippen molar-refractivity contribution in [3.63, 3.8) is 0 Å². The molecule has 2 heterocycles. The third-order valence-electron chi connectivity index (χ3n) is 3.86. The van der Waals surface area contributed by atoms with Crippen molar-refractivity contribution in [1.82, 2.24) is 10.2 Å². The number of amides is 1. The van der Waals surface area contributed by atoms with E-state index in [0.29, 0.717) is 45.6 Å². The van der Waals surface area contributed by atoms with E-state index in [0.717, 1.165) is 6.42 Å². The van der Waals surface area contributed by atoms with Crippen molar-refractivity contribution in [3.05, 3.63) is 48.3 Å². The van der Waals surface area contributed by atoms with E-state index in [4.69, 9.17) is 9.47 Å². The van der Waals surface area contributed by atoms with E-state index in [1.54, 1.807) is 30.3 Å². The van der Waals surface area contributed by atoms with Gasteiger partial charge in [0.1, 0.15) is 5.82 Å². The molecular weight excluding hydrogens is 415 g/mol. The molecule has 1 aromatic heterocycles. The molecule has 0 atom stereocenters. The first-order chi connectivity index (χ1) is 14.2. The van der Waals surface area contributed by atoms with E-state index in [1.807, 2.05) is 0 Å². The van der Waals surface area contributed by atoms with Crippen molar-refractivity contribution in [2.45, 2.75) is 10.8 Å². The molecule has 0 saturated heterocycles. The Hall–Kier alpha value is -2.85. The Kier molecular flexibility index (Phi) is 6.11. The Morgan fingerprint density at radius 1 is 1.07 bits per heavy atom. The van der Waals surface area contributed by atoms with Crippen molar-refractivity contribution >= 4 is 45.5 Å². The predicted molar refractivity (Wildman–Crippen MR) is 111 cm³/mol. The zero-order chi connectivity index (χ0) is 20.1. The molecule has 0 radical (unpaired) electrons. The minimum Gasteiger partial charge on any atom is -0.490 e. The molecule has 4 rings (SSSR count). The van der Waals surface area contributed by atoms with Gasteiger partial charge in [-0.25, -0.2) is 4.39 Å². The summed E-state index contributed by atoms with van der Waals surface area (Å²) in [5.74, 6) is 1.05. The molecule has 150 valence electrons. The maximum Gasteiger partial charge on any atom is 0.234 e. The van der Waals surface area contributed by atoms with E-state index in [-0.39, 0.29) is 17.5 Å². The Labute approximate surface area is 174 Å². The highest BCUT2D eigenvalue weighted by atomic mass is 32.2. The summed E-state index contributed by atoms with van der Waals surface area (Å²) >= 11 is 2.61. The number of nitrogens with one attached hydrogen (secondary N) is 2. The molecule has 7 nitrogen and oxygen atoms in total. The molecule has 3 aromatic rings. The second-order valence-corrected chi connectivity index (χ2v) is 8.25. The second-order valence-electron chi connectivity index (χ2n) is 6.05. The first-order valence-corrected chi connectivity index (χ1v) is 10.6. The van der Waals surface area contributed by atoms with E-state index < -0.39 is 0 Å². The van der Waals surface area contributed by atoms with Gasteiger partial charge in [0, 0.05) is 23.9 Å². The van der Waals surface area contributed by atoms with Crippen LogP contribution in [0.3, 0.4) is 0 Å². The van der Waals surface area contributed by atoms with Crippen LogP contribution in [-0.2, 0) is 4.79 Å². The van der Waals surface area contributed by atoms with Crippen LogP contribution < -0.4 is 20.1 Å². The summed E-state index contributed by atoms with van der Waals surface area (Å²) in [7, 11) is 0. The number of fused-ring (bicyclic) bond motifs is 1. The number of carbonyl (C=O) groups is 1. The summed E-state index contributed by atoms with van der Waals surface area (Å²) in [6.45, 7) is 1.21. The number of carbonyl (C=O) groups excluding carboxylic acids is 1. The minimum atomic E-state index is -0.302. The summed E-state index contributed by atoms with van der Waals surface area (Å²) in [6, 6.07) is 11.3. The van der Waals surface area contributed by atoms with Crippen LogP contribution >= 0.6 is 23.1 Å². The molecule has 0 spiro atoms. The first kappa shape index (κ1) is 19.5. The van der Waals surface area contributed by atoms with Crippen LogP contribution in [0.2, 0.25) is 0 Å². The standard InChI is InChI=1S/C19H17FN4O3S2/c20-12-2-4-13(5-3-12)22-18-23-24-19(29-18)28-11-17(25)21-14-6-7-15-16(10-14)27-9-1-8-26-15/h2-7,10H,1,8-9,11H2,(H,21,25)(H,22,23). The van der Waals surface area contributed by atoms with E-state index in [1.165, 1.54) is 35.2 Å². The molecule has 29 heavy (non-hydrogen) atoms. The number of nitrogens with zero attached hydrogens (tertiary/aromatic N) is 2. The highest BCUT2D eigenvalue weighted by molar-refractivity contribution is 8.01. The van der Waals surface area contributed by atoms with Gasteiger partial charge in [-0.3, -0.25) is 4.79 Å². The maximum atomic E-state index is 13.0. The molecule has 0 unspecified atom stereocenters. The third kappa shape index (κ3) is 5.36. The lowest BCUT2D eigenvalue weighted by Crippen LogP contribution is -2.14. The summed E-state index contributed by atoms with van der Waals surface area (Å²) in [4.78, 5) is 12.3. The van der Waals surface area contributed by atoms with Crippen molar-refractivity contribution in [3.8, 4) is 11.5 Å². The quantitative estimate of drug-likeness (QED) is 0.561. The van der Waals surface area contributed by atoms with Gasteiger partial charge in [0.2, 0.25) is 11.0 Å². The lowest BCUT2D eigenvalue weighted by Gasteiger charge is -2.10. The summed E-state index contributed by atoms with van der Waals surface area (Å²) in [5.41, 5.74) is 1.36. The highest BCUT2D eigenvalue weighted by Gasteiger charge is 2.13. The van der Waals surface area contributed by atoms with Crippen LogP contribution in [-0.4, -0.2) is 35.1 Å². The Morgan fingerprint density at radius 2 is 1.83 bits per heavy atom. The largest absolute Gasteiger partial charge is 0.490 e. The highest BCUT2D eigenvalue weighted by Crippen LogP contribution is 2.32. The van der Waals surface area contributed by atoms with Crippen LogP contribution in [0.4, 0.5) is 20.9 Å². The van der Waals surface area contributed by atoms with Gasteiger partial charge in [-0.1, -0.05) is 23.1 Å². The topological polar surface area (TPSA) is 85.4 Å². The van der Waals surface area contributed by atoms with Gasteiger partial charge in [-0.2, -0.15) is 0 Å². The lowest BCUT2D eigenvalue weighted by atomic mass is 10.2. The molecular formula is C19H17FN4O3S2. The van der Waals surface area contributed by atoms with Gasteiger partial charge in [-0.05, 0) is 36.4 Å². The average Bonchev–Trinajstić information content (AvgIpc) is 3.03. The summed E-state index contributed by atoms with van der Waals surface area (Å²) in [5, 5.41) is 14.6. The average molecular weight is 433 g/mol. The van der Waals surface area contributed by atoms with Crippen molar-refractivity contribution in [2.75, 3.05) is 29.6 Å². The fourth-order valence-electron chi connectivity index (χ4n) is 2.54. The number of hydrogen-bond donors (Lipinski definition) is 2. The summed E-state index contributed by atoms with van der Waals surface area (Å²) < 4.78 is 24.8. The van der Waals surface area contributed by atoms with E-state index in [2.05, 4.69) is 20.8 Å². The van der Waals surface area contributed by atoms with Gasteiger partial charge < -0.3 is 20.1 Å². The van der Waals surface area contributed by atoms with E-state index in [9.17, 15) is 9.18 Å². The number of ether oxygens (including phenoxy) is 2. The molecule has 0 saturated carbocycles.